The Morgan fingerprint density at radius 3 is 1.65 bits per heavy atom. The minimum atomic E-state index is 0.549. The SMILES string of the molecule is c1ccc(-c2ccc(-c3nc(-c4ccccc4)nc(-n4c5ccccc5c5c6c7ccccc7n(-c7ccccc7)c6c6c7ncncc7sc6c54)n3)cc2)cc1. The molecule has 8 heteroatoms. The molecule has 0 fully saturated rings. The van der Waals surface area contributed by atoms with Crippen LogP contribution in [-0.4, -0.2) is 34.1 Å². The first kappa shape index (κ1) is 31.8. The van der Waals surface area contributed by atoms with Gasteiger partial charge in [0.15, 0.2) is 11.6 Å². The predicted molar refractivity (Wildman–Crippen MR) is 233 cm³/mol. The Morgan fingerprint density at radius 1 is 0.439 bits per heavy atom. The van der Waals surface area contributed by atoms with Gasteiger partial charge in [0.25, 0.3) is 0 Å². The highest BCUT2D eigenvalue weighted by Gasteiger charge is 2.28. The van der Waals surface area contributed by atoms with Crippen molar-refractivity contribution < 1.29 is 0 Å². The summed E-state index contributed by atoms with van der Waals surface area (Å²) >= 11 is 1.71. The van der Waals surface area contributed by atoms with Crippen molar-refractivity contribution in [1.29, 1.82) is 0 Å². The van der Waals surface area contributed by atoms with E-state index in [0.29, 0.717) is 17.6 Å². The summed E-state index contributed by atoms with van der Waals surface area (Å²) in [6.45, 7) is 0. The average molecular weight is 748 g/mol. The highest BCUT2D eigenvalue weighted by Crippen LogP contribution is 2.50. The summed E-state index contributed by atoms with van der Waals surface area (Å²) in [5.74, 6) is 1.76. The number of nitrogens with zero attached hydrogens (tertiary/aromatic N) is 7. The molecule has 0 unspecified atom stereocenters. The second-order valence-electron chi connectivity index (χ2n) is 14.1. The molecule has 7 nitrogen and oxygen atoms in total. The maximum atomic E-state index is 5.34. The fraction of sp³-hybridized carbons (Fsp3) is 0. The molecule has 0 saturated heterocycles. The van der Waals surface area contributed by atoms with Crippen LogP contribution in [0.3, 0.4) is 0 Å². The highest BCUT2D eigenvalue weighted by atomic mass is 32.1. The smallest absolute Gasteiger partial charge is 0.238 e. The van der Waals surface area contributed by atoms with E-state index in [9.17, 15) is 0 Å². The zero-order valence-electron chi connectivity index (χ0n) is 30.3. The number of thiophene rings is 1. The standard InChI is InChI=1S/C49H29N7S/c1-4-14-30(15-5-1)31-24-26-33(27-25-31)48-52-47(32-16-6-2-7-17-32)53-49(54-48)56-38-23-13-11-21-36(38)41-40-35-20-10-12-22-37(35)55(34-18-8-3-9-19-34)44(40)42-43-39(28-50-29-51-43)57-46(42)45(41)56/h1-29H. The summed E-state index contributed by atoms with van der Waals surface area (Å²) in [5.41, 5.74) is 10.4. The first-order valence-corrected chi connectivity index (χ1v) is 19.7. The zero-order valence-corrected chi connectivity index (χ0v) is 31.1. The van der Waals surface area contributed by atoms with Gasteiger partial charge in [-0.25, -0.2) is 15.0 Å². The Balaban J connectivity index is 1.24. The van der Waals surface area contributed by atoms with Crippen LogP contribution in [0.2, 0.25) is 0 Å². The van der Waals surface area contributed by atoms with Crippen LogP contribution in [0.4, 0.5) is 0 Å². The van der Waals surface area contributed by atoms with Gasteiger partial charge in [-0.05, 0) is 35.4 Å². The molecule has 5 aromatic heterocycles. The second kappa shape index (κ2) is 12.5. The van der Waals surface area contributed by atoms with E-state index in [1.807, 2.05) is 30.5 Å². The van der Waals surface area contributed by atoms with E-state index in [0.717, 1.165) is 81.1 Å². The second-order valence-corrected chi connectivity index (χ2v) is 15.2. The molecule has 5 heterocycles. The highest BCUT2D eigenvalue weighted by molar-refractivity contribution is 7.26. The number of fused-ring (bicyclic) bond motifs is 12. The maximum absolute atomic E-state index is 5.34. The molecule has 0 spiro atoms. The van der Waals surface area contributed by atoms with E-state index in [4.69, 9.17) is 19.9 Å². The van der Waals surface area contributed by atoms with Crippen molar-refractivity contribution in [3.8, 4) is 45.5 Å². The Morgan fingerprint density at radius 2 is 0.965 bits per heavy atom. The van der Waals surface area contributed by atoms with Gasteiger partial charge < -0.3 is 4.57 Å². The number of para-hydroxylation sites is 3. The van der Waals surface area contributed by atoms with Crippen LogP contribution in [0.5, 0.6) is 0 Å². The zero-order chi connectivity index (χ0) is 37.5. The summed E-state index contributed by atoms with van der Waals surface area (Å²) < 4.78 is 6.77. The van der Waals surface area contributed by atoms with Crippen molar-refractivity contribution in [3.05, 3.63) is 176 Å². The summed E-state index contributed by atoms with van der Waals surface area (Å²) in [7, 11) is 0. The van der Waals surface area contributed by atoms with Gasteiger partial charge in [-0.1, -0.05) is 140 Å². The number of hydrogen-bond acceptors (Lipinski definition) is 6. The number of benzene rings is 7. The van der Waals surface area contributed by atoms with E-state index < -0.39 is 0 Å². The maximum Gasteiger partial charge on any atom is 0.238 e. The Kier molecular flexibility index (Phi) is 6.96. The lowest BCUT2D eigenvalue weighted by molar-refractivity contribution is 0.955. The summed E-state index contributed by atoms with van der Waals surface area (Å²) in [6.07, 6.45) is 3.59. The molecule has 57 heavy (non-hydrogen) atoms. The Hall–Kier alpha value is -7.55. The molecule has 0 saturated carbocycles. The van der Waals surface area contributed by atoms with Crippen molar-refractivity contribution >= 4 is 75.3 Å². The third kappa shape index (κ3) is 4.81. The molecule has 0 aliphatic carbocycles. The van der Waals surface area contributed by atoms with Gasteiger partial charge in [-0.3, -0.25) is 4.57 Å². The van der Waals surface area contributed by atoms with Gasteiger partial charge in [-0.2, -0.15) is 9.97 Å². The van der Waals surface area contributed by atoms with Crippen LogP contribution < -0.4 is 0 Å². The van der Waals surface area contributed by atoms with Gasteiger partial charge in [0, 0.05) is 49.9 Å². The quantitative estimate of drug-likeness (QED) is 0.175. The van der Waals surface area contributed by atoms with E-state index in [1.54, 1.807) is 17.7 Å². The van der Waals surface area contributed by atoms with E-state index in [2.05, 4.69) is 154 Å². The third-order valence-electron chi connectivity index (χ3n) is 10.9. The first-order valence-electron chi connectivity index (χ1n) is 18.8. The van der Waals surface area contributed by atoms with Gasteiger partial charge in [0.05, 0.1) is 37.0 Å². The van der Waals surface area contributed by atoms with E-state index in [1.165, 1.54) is 10.8 Å². The van der Waals surface area contributed by atoms with Crippen molar-refractivity contribution in [2.75, 3.05) is 0 Å². The molecule has 12 aromatic rings. The van der Waals surface area contributed by atoms with Crippen molar-refractivity contribution in [2.24, 2.45) is 0 Å². The van der Waals surface area contributed by atoms with Gasteiger partial charge in [0.1, 0.15) is 6.33 Å². The van der Waals surface area contributed by atoms with Crippen molar-refractivity contribution in [1.82, 2.24) is 34.1 Å². The third-order valence-corrected chi connectivity index (χ3v) is 12.0. The van der Waals surface area contributed by atoms with Gasteiger partial charge >= 0.3 is 0 Å². The van der Waals surface area contributed by atoms with Crippen LogP contribution in [0.15, 0.2) is 176 Å². The minimum absolute atomic E-state index is 0.549. The van der Waals surface area contributed by atoms with Gasteiger partial charge in [0.2, 0.25) is 5.95 Å². The lowest BCUT2D eigenvalue weighted by Gasteiger charge is -2.12. The Bertz CT molecular complexity index is 3500. The average Bonchev–Trinajstić information content (AvgIpc) is 3.95. The largest absolute Gasteiger partial charge is 0.308 e. The van der Waals surface area contributed by atoms with Crippen LogP contribution in [0.1, 0.15) is 0 Å². The van der Waals surface area contributed by atoms with Crippen LogP contribution >= 0.6 is 11.3 Å². The lowest BCUT2D eigenvalue weighted by atomic mass is 10.0. The van der Waals surface area contributed by atoms with Gasteiger partial charge in [-0.15, -0.1) is 11.3 Å². The Labute approximate surface area is 329 Å². The molecular formula is C49H29N7S. The van der Waals surface area contributed by atoms with Crippen LogP contribution in [-0.2, 0) is 0 Å². The number of aromatic nitrogens is 7. The molecule has 0 aliphatic rings. The molecule has 266 valence electrons. The van der Waals surface area contributed by atoms with E-state index in [-0.39, 0.29) is 0 Å². The monoisotopic (exact) mass is 747 g/mol. The normalized spacial score (nSPS) is 11.9. The molecule has 0 amide bonds. The van der Waals surface area contributed by atoms with E-state index >= 15 is 0 Å². The molecule has 12 rings (SSSR count). The predicted octanol–water partition coefficient (Wildman–Crippen LogP) is 12.2. The minimum Gasteiger partial charge on any atom is -0.308 e. The first-order chi connectivity index (χ1) is 28.3. The topological polar surface area (TPSA) is 74.3 Å². The molecule has 0 aliphatic heterocycles. The van der Waals surface area contributed by atoms with Crippen LogP contribution in [0, 0.1) is 0 Å². The fourth-order valence-electron chi connectivity index (χ4n) is 8.48. The number of hydrogen-bond donors (Lipinski definition) is 0. The fourth-order valence-corrected chi connectivity index (χ4v) is 9.65. The molecule has 0 N–H and O–H groups in total. The molecular weight excluding hydrogens is 719 g/mol. The molecule has 0 radical (unpaired) electrons. The molecule has 7 aromatic carbocycles. The van der Waals surface area contributed by atoms with Crippen molar-refractivity contribution in [3.63, 3.8) is 0 Å². The summed E-state index contributed by atoms with van der Waals surface area (Å²) in [6, 6.07) is 57.0. The van der Waals surface area contributed by atoms with Crippen LogP contribution in [0.25, 0.3) is 109 Å². The van der Waals surface area contributed by atoms with Crippen molar-refractivity contribution in [2.45, 2.75) is 0 Å². The lowest BCUT2D eigenvalue weighted by Crippen LogP contribution is -2.06. The summed E-state index contributed by atoms with van der Waals surface area (Å²) in [5, 5.41) is 5.68. The molecule has 0 atom stereocenters. The number of rotatable bonds is 5. The molecule has 0 bridgehead atoms. The summed E-state index contributed by atoms with van der Waals surface area (Å²) in [4.78, 5) is 25.2.